The molecule has 0 spiro atoms. The third-order valence-electron chi connectivity index (χ3n) is 2.37. The number of nitrogens with two attached hydrogens (primary N) is 1. The van der Waals surface area contributed by atoms with Gasteiger partial charge in [-0.2, -0.15) is 0 Å². The van der Waals surface area contributed by atoms with Gasteiger partial charge in [-0.3, -0.25) is 0 Å². The number of aromatic nitrogens is 2. The fraction of sp³-hybridized carbons (Fsp3) is 0.667. The highest BCUT2D eigenvalue weighted by molar-refractivity contribution is 5.38. The van der Waals surface area contributed by atoms with Gasteiger partial charge in [0, 0.05) is 18.7 Å². The highest BCUT2D eigenvalue weighted by Gasteiger charge is 2.06. The van der Waals surface area contributed by atoms with Crippen LogP contribution < -0.4 is 15.8 Å². The number of hydrogen-bond donors (Lipinski definition) is 2. The Morgan fingerprint density at radius 3 is 2.82 bits per heavy atom. The standard InChI is InChI=1S/C12H22N4O/c1-3-5-10(8-13)16-11-7-12(15-9-14-11)17-6-4-2/h7,9-10H,3-6,8,13H2,1-2H3,(H,14,15,16). The van der Waals surface area contributed by atoms with Crippen molar-refractivity contribution >= 4 is 5.82 Å². The number of nitrogens with zero attached hydrogens (tertiary/aromatic N) is 2. The third-order valence-corrected chi connectivity index (χ3v) is 2.37. The van der Waals surface area contributed by atoms with E-state index in [0.717, 1.165) is 25.1 Å². The van der Waals surface area contributed by atoms with Crippen molar-refractivity contribution in [2.24, 2.45) is 5.73 Å². The highest BCUT2D eigenvalue weighted by atomic mass is 16.5. The first-order valence-corrected chi connectivity index (χ1v) is 6.21. The zero-order valence-corrected chi connectivity index (χ0v) is 10.6. The van der Waals surface area contributed by atoms with Crippen LogP contribution in [0.3, 0.4) is 0 Å². The van der Waals surface area contributed by atoms with Gasteiger partial charge in [-0.05, 0) is 12.8 Å². The van der Waals surface area contributed by atoms with Gasteiger partial charge in [0.1, 0.15) is 12.1 Å². The van der Waals surface area contributed by atoms with E-state index < -0.39 is 0 Å². The summed E-state index contributed by atoms with van der Waals surface area (Å²) in [5.74, 6) is 1.38. The Kier molecular flexibility index (Phi) is 6.32. The van der Waals surface area contributed by atoms with Crippen LogP contribution in [-0.2, 0) is 0 Å². The van der Waals surface area contributed by atoms with Gasteiger partial charge in [0.05, 0.1) is 6.61 Å². The Balaban J connectivity index is 2.57. The molecular weight excluding hydrogens is 216 g/mol. The molecule has 0 radical (unpaired) electrons. The summed E-state index contributed by atoms with van der Waals surface area (Å²) in [6.45, 7) is 5.47. The van der Waals surface area contributed by atoms with Crippen molar-refractivity contribution in [3.8, 4) is 5.88 Å². The minimum absolute atomic E-state index is 0.258. The molecule has 1 aromatic heterocycles. The lowest BCUT2D eigenvalue weighted by molar-refractivity contribution is 0.305. The minimum atomic E-state index is 0.258. The fourth-order valence-electron chi connectivity index (χ4n) is 1.51. The van der Waals surface area contributed by atoms with Gasteiger partial charge < -0.3 is 15.8 Å². The van der Waals surface area contributed by atoms with E-state index in [0.29, 0.717) is 19.0 Å². The van der Waals surface area contributed by atoms with Gasteiger partial charge in [0.25, 0.3) is 0 Å². The van der Waals surface area contributed by atoms with Crippen LogP contribution >= 0.6 is 0 Å². The van der Waals surface area contributed by atoms with E-state index in [1.807, 2.05) is 6.07 Å². The van der Waals surface area contributed by atoms with Crippen molar-refractivity contribution in [2.45, 2.75) is 39.2 Å². The predicted molar refractivity (Wildman–Crippen MR) is 69.2 cm³/mol. The maximum absolute atomic E-state index is 5.69. The lowest BCUT2D eigenvalue weighted by atomic mass is 10.2. The average Bonchev–Trinajstić information content (AvgIpc) is 2.36. The Morgan fingerprint density at radius 2 is 2.18 bits per heavy atom. The fourth-order valence-corrected chi connectivity index (χ4v) is 1.51. The van der Waals surface area contributed by atoms with Crippen LogP contribution in [0.25, 0.3) is 0 Å². The van der Waals surface area contributed by atoms with E-state index in [-0.39, 0.29) is 6.04 Å². The zero-order valence-electron chi connectivity index (χ0n) is 10.6. The van der Waals surface area contributed by atoms with Gasteiger partial charge in [0.15, 0.2) is 0 Å². The number of anilines is 1. The SMILES string of the molecule is CCCOc1cc(NC(CN)CCC)ncn1. The van der Waals surface area contributed by atoms with Crippen molar-refractivity contribution in [3.05, 3.63) is 12.4 Å². The van der Waals surface area contributed by atoms with E-state index in [1.54, 1.807) is 0 Å². The second-order valence-corrected chi connectivity index (χ2v) is 3.96. The minimum Gasteiger partial charge on any atom is -0.478 e. The molecule has 0 amide bonds. The Labute approximate surface area is 103 Å². The number of ether oxygens (including phenoxy) is 1. The first-order chi connectivity index (χ1) is 8.30. The second kappa shape index (κ2) is 7.84. The van der Waals surface area contributed by atoms with Crippen LogP contribution in [0.4, 0.5) is 5.82 Å². The summed E-state index contributed by atoms with van der Waals surface area (Å²) in [5, 5.41) is 3.29. The summed E-state index contributed by atoms with van der Waals surface area (Å²) in [4.78, 5) is 8.21. The van der Waals surface area contributed by atoms with E-state index in [9.17, 15) is 0 Å². The van der Waals surface area contributed by atoms with Crippen molar-refractivity contribution < 1.29 is 4.74 Å². The Bertz CT molecular complexity index is 319. The molecule has 0 aliphatic carbocycles. The molecule has 0 fully saturated rings. The van der Waals surface area contributed by atoms with Crippen LogP contribution in [0.5, 0.6) is 5.88 Å². The smallest absolute Gasteiger partial charge is 0.218 e. The molecule has 5 heteroatoms. The molecule has 1 rings (SSSR count). The van der Waals surface area contributed by atoms with Gasteiger partial charge in [0.2, 0.25) is 5.88 Å². The van der Waals surface area contributed by atoms with Crippen LogP contribution in [0.1, 0.15) is 33.1 Å². The summed E-state index contributed by atoms with van der Waals surface area (Å²) in [6, 6.07) is 2.07. The van der Waals surface area contributed by atoms with Crippen LogP contribution in [0.15, 0.2) is 12.4 Å². The van der Waals surface area contributed by atoms with E-state index in [4.69, 9.17) is 10.5 Å². The van der Waals surface area contributed by atoms with Gasteiger partial charge in [-0.1, -0.05) is 20.3 Å². The Hall–Kier alpha value is -1.36. The molecule has 1 unspecified atom stereocenters. The summed E-state index contributed by atoms with van der Waals surface area (Å²) in [7, 11) is 0. The highest BCUT2D eigenvalue weighted by Crippen LogP contribution is 2.13. The third kappa shape index (κ3) is 4.99. The van der Waals surface area contributed by atoms with Crippen molar-refractivity contribution in [3.63, 3.8) is 0 Å². The molecular formula is C12H22N4O. The molecule has 17 heavy (non-hydrogen) atoms. The zero-order chi connectivity index (χ0) is 12.5. The molecule has 96 valence electrons. The van der Waals surface area contributed by atoms with Crippen LogP contribution in [0, 0.1) is 0 Å². The maximum atomic E-state index is 5.69. The predicted octanol–water partition coefficient (Wildman–Crippen LogP) is 1.80. The summed E-state index contributed by atoms with van der Waals surface area (Å²) < 4.78 is 5.45. The molecule has 0 saturated carbocycles. The number of hydrogen-bond acceptors (Lipinski definition) is 5. The molecule has 3 N–H and O–H groups in total. The summed E-state index contributed by atoms with van der Waals surface area (Å²) in [6.07, 6.45) is 4.60. The molecule has 0 aliphatic rings. The van der Waals surface area contributed by atoms with Gasteiger partial charge in [-0.15, -0.1) is 0 Å². The topological polar surface area (TPSA) is 73.1 Å². The molecule has 1 heterocycles. The van der Waals surface area contributed by atoms with Crippen molar-refractivity contribution in [1.29, 1.82) is 0 Å². The molecule has 0 saturated heterocycles. The van der Waals surface area contributed by atoms with Crippen molar-refractivity contribution in [1.82, 2.24) is 9.97 Å². The first kappa shape index (κ1) is 13.7. The molecule has 1 aromatic rings. The Morgan fingerprint density at radius 1 is 1.35 bits per heavy atom. The second-order valence-electron chi connectivity index (χ2n) is 3.96. The van der Waals surface area contributed by atoms with E-state index >= 15 is 0 Å². The maximum Gasteiger partial charge on any atom is 0.218 e. The van der Waals surface area contributed by atoms with Gasteiger partial charge in [-0.25, -0.2) is 9.97 Å². The molecule has 5 nitrogen and oxygen atoms in total. The molecule has 1 atom stereocenters. The lowest BCUT2D eigenvalue weighted by Gasteiger charge is -2.16. The molecule has 0 aliphatic heterocycles. The lowest BCUT2D eigenvalue weighted by Crippen LogP contribution is -2.29. The number of nitrogens with one attached hydrogen (secondary N) is 1. The van der Waals surface area contributed by atoms with Crippen LogP contribution in [0.2, 0.25) is 0 Å². The largest absolute Gasteiger partial charge is 0.478 e. The number of rotatable bonds is 8. The van der Waals surface area contributed by atoms with Crippen LogP contribution in [-0.4, -0.2) is 29.2 Å². The monoisotopic (exact) mass is 238 g/mol. The quantitative estimate of drug-likeness (QED) is 0.722. The molecule has 0 bridgehead atoms. The van der Waals surface area contributed by atoms with E-state index in [1.165, 1.54) is 6.33 Å². The van der Waals surface area contributed by atoms with E-state index in [2.05, 4.69) is 29.1 Å². The normalized spacial score (nSPS) is 12.2. The summed E-state index contributed by atoms with van der Waals surface area (Å²) >= 11 is 0. The average molecular weight is 238 g/mol. The van der Waals surface area contributed by atoms with Crippen molar-refractivity contribution in [2.75, 3.05) is 18.5 Å². The summed E-state index contributed by atoms with van der Waals surface area (Å²) in [5.41, 5.74) is 5.69. The molecule has 0 aromatic carbocycles. The van der Waals surface area contributed by atoms with Gasteiger partial charge >= 0.3 is 0 Å². The first-order valence-electron chi connectivity index (χ1n) is 6.21.